The number of anilines is 2. The maximum atomic E-state index is 13.6. The number of carbonyl (C=O) groups excluding carboxylic acids is 2. The van der Waals surface area contributed by atoms with Crippen LogP contribution in [0.4, 0.5) is 20.2 Å². The lowest BCUT2D eigenvalue weighted by atomic mass is 10.2. The van der Waals surface area contributed by atoms with Crippen molar-refractivity contribution in [3.63, 3.8) is 0 Å². The molecule has 1 atom stereocenters. The van der Waals surface area contributed by atoms with Gasteiger partial charge >= 0.3 is 5.97 Å². The number of carbonyl (C=O) groups is 2. The largest absolute Gasteiger partial charge is 0.465 e. The molecule has 2 aromatic carbocycles. The van der Waals surface area contributed by atoms with Crippen molar-refractivity contribution in [3.8, 4) is 0 Å². The molecular weight excluding hydrogens is 394 g/mol. The van der Waals surface area contributed by atoms with Crippen molar-refractivity contribution in [2.75, 3.05) is 23.0 Å². The molecule has 2 rings (SSSR count). The molecule has 0 fully saturated rings. The average molecular weight is 412 g/mol. The number of rotatable bonds is 6. The second-order valence-electron chi connectivity index (χ2n) is 5.89. The van der Waals surface area contributed by atoms with Crippen molar-refractivity contribution in [1.29, 1.82) is 0 Å². The Morgan fingerprint density at radius 3 is 2.36 bits per heavy atom. The molecule has 0 aliphatic rings. The third-order valence-electron chi connectivity index (χ3n) is 3.80. The summed E-state index contributed by atoms with van der Waals surface area (Å²) in [5, 5.41) is 2.49. The van der Waals surface area contributed by atoms with Gasteiger partial charge in [-0.15, -0.1) is 0 Å². The summed E-state index contributed by atoms with van der Waals surface area (Å²) in [6.07, 6.45) is 0.843. The number of hydrogen-bond acceptors (Lipinski definition) is 5. The van der Waals surface area contributed by atoms with Crippen molar-refractivity contribution >= 4 is 33.3 Å². The molecule has 28 heavy (non-hydrogen) atoms. The van der Waals surface area contributed by atoms with Crippen molar-refractivity contribution in [1.82, 2.24) is 0 Å². The van der Waals surface area contributed by atoms with E-state index in [1.165, 1.54) is 38.3 Å². The fourth-order valence-electron chi connectivity index (χ4n) is 2.52. The predicted molar refractivity (Wildman–Crippen MR) is 99.6 cm³/mol. The lowest BCUT2D eigenvalue weighted by molar-refractivity contribution is -0.116. The van der Waals surface area contributed by atoms with Gasteiger partial charge in [-0.2, -0.15) is 0 Å². The van der Waals surface area contributed by atoms with Crippen LogP contribution in [-0.4, -0.2) is 39.7 Å². The second-order valence-corrected chi connectivity index (χ2v) is 7.75. The van der Waals surface area contributed by atoms with E-state index in [4.69, 9.17) is 0 Å². The van der Waals surface area contributed by atoms with E-state index in [1.807, 2.05) is 0 Å². The Hall–Kier alpha value is -3.01. The third kappa shape index (κ3) is 4.83. The van der Waals surface area contributed by atoms with Gasteiger partial charge in [-0.25, -0.2) is 22.0 Å². The molecule has 0 saturated heterocycles. The van der Waals surface area contributed by atoms with E-state index in [1.54, 1.807) is 0 Å². The first-order valence-corrected chi connectivity index (χ1v) is 9.83. The van der Waals surface area contributed by atoms with E-state index in [9.17, 15) is 26.8 Å². The average Bonchev–Trinajstić information content (AvgIpc) is 2.63. The number of amides is 1. The summed E-state index contributed by atoms with van der Waals surface area (Å²) in [5.74, 6) is -3.74. The molecule has 7 nitrogen and oxygen atoms in total. The van der Waals surface area contributed by atoms with Gasteiger partial charge in [-0.1, -0.05) is 6.07 Å². The Balaban J connectivity index is 2.32. The van der Waals surface area contributed by atoms with Crippen LogP contribution in [0.2, 0.25) is 0 Å². The van der Waals surface area contributed by atoms with Crippen LogP contribution in [0.25, 0.3) is 0 Å². The van der Waals surface area contributed by atoms with Gasteiger partial charge in [-0.05, 0) is 37.3 Å². The highest BCUT2D eigenvalue weighted by Gasteiger charge is 2.30. The first-order valence-electron chi connectivity index (χ1n) is 7.98. The van der Waals surface area contributed by atoms with Gasteiger partial charge < -0.3 is 10.1 Å². The normalized spacial score (nSPS) is 12.2. The molecule has 1 amide bonds. The van der Waals surface area contributed by atoms with Gasteiger partial charge in [0.05, 0.1) is 24.6 Å². The molecule has 10 heteroatoms. The molecule has 0 aromatic heterocycles. The Morgan fingerprint density at radius 1 is 1.11 bits per heavy atom. The number of halogens is 2. The predicted octanol–water partition coefficient (Wildman–Crippen LogP) is 2.54. The van der Waals surface area contributed by atoms with Gasteiger partial charge in [-0.3, -0.25) is 9.10 Å². The molecule has 0 spiro atoms. The summed E-state index contributed by atoms with van der Waals surface area (Å²) in [6.45, 7) is 1.29. The molecular formula is C18H18F2N2O5S. The number of methoxy groups -OCH3 is 1. The minimum absolute atomic E-state index is 0.188. The molecule has 0 saturated carbocycles. The summed E-state index contributed by atoms with van der Waals surface area (Å²) in [7, 11) is -2.79. The highest BCUT2D eigenvalue weighted by atomic mass is 32.2. The molecule has 0 heterocycles. The zero-order chi connectivity index (χ0) is 21.1. The van der Waals surface area contributed by atoms with Crippen molar-refractivity contribution in [2.45, 2.75) is 13.0 Å². The number of hydrogen-bond donors (Lipinski definition) is 1. The fraction of sp³-hybridized carbons (Fsp3) is 0.222. The Kier molecular flexibility index (Phi) is 6.34. The van der Waals surface area contributed by atoms with E-state index < -0.39 is 39.6 Å². The molecule has 2 aromatic rings. The van der Waals surface area contributed by atoms with Crippen LogP contribution < -0.4 is 9.62 Å². The highest BCUT2D eigenvalue weighted by molar-refractivity contribution is 7.92. The monoisotopic (exact) mass is 412 g/mol. The van der Waals surface area contributed by atoms with Gasteiger partial charge in [0.25, 0.3) is 0 Å². The minimum atomic E-state index is -4.00. The number of benzene rings is 2. The van der Waals surface area contributed by atoms with E-state index in [2.05, 4.69) is 10.1 Å². The fourth-order valence-corrected chi connectivity index (χ4v) is 3.69. The van der Waals surface area contributed by atoms with Crippen LogP contribution in [0.3, 0.4) is 0 Å². The maximum Gasteiger partial charge on any atom is 0.337 e. The first-order chi connectivity index (χ1) is 13.0. The van der Waals surface area contributed by atoms with Crippen LogP contribution >= 0.6 is 0 Å². The molecule has 0 bridgehead atoms. The molecule has 150 valence electrons. The Bertz CT molecular complexity index is 1010. The second kappa shape index (κ2) is 8.34. The Labute approximate surface area is 161 Å². The van der Waals surface area contributed by atoms with Crippen molar-refractivity contribution in [3.05, 3.63) is 59.7 Å². The van der Waals surface area contributed by atoms with Crippen LogP contribution in [-0.2, 0) is 19.6 Å². The number of ether oxygens (including phenoxy) is 1. The lowest BCUT2D eigenvalue weighted by Gasteiger charge is -2.28. The summed E-state index contributed by atoms with van der Waals surface area (Å²) in [5.41, 5.74) is 0.222. The molecule has 0 aliphatic heterocycles. The number of esters is 1. The summed E-state index contributed by atoms with van der Waals surface area (Å²) in [6, 6.07) is 7.08. The number of nitrogens with one attached hydrogen (secondary N) is 1. The van der Waals surface area contributed by atoms with E-state index in [0.717, 1.165) is 18.4 Å². The zero-order valence-corrected chi connectivity index (χ0v) is 16.1. The first kappa shape index (κ1) is 21.3. The molecule has 1 N–H and O–H groups in total. The molecule has 0 radical (unpaired) electrons. The molecule has 0 unspecified atom stereocenters. The highest BCUT2D eigenvalue weighted by Crippen LogP contribution is 2.24. The lowest BCUT2D eigenvalue weighted by Crippen LogP contribution is -2.45. The van der Waals surface area contributed by atoms with Crippen molar-refractivity contribution in [2.24, 2.45) is 0 Å². The standard InChI is InChI=1S/C18H18F2N2O5S/c1-11(17(23)21-13-6-4-5-12(9-13)18(24)27-2)22(28(3,25)26)14-7-8-15(19)16(20)10-14/h4-11H,1-3H3,(H,21,23)/t11-/m0/s1. The van der Waals surface area contributed by atoms with Crippen LogP contribution in [0.1, 0.15) is 17.3 Å². The van der Waals surface area contributed by atoms with Gasteiger partial charge in [0.15, 0.2) is 11.6 Å². The van der Waals surface area contributed by atoms with Crippen LogP contribution in [0.15, 0.2) is 42.5 Å². The number of nitrogens with zero attached hydrogens (tertiary/aromatic N) is 1. The van der Waals surface area contributed by atoms with E-state index in [-0.39, 0.29) is 16.9 Å². The minimum Gasteiger partial charge on any atom is -0.465 e. The van der Waals surface area contributed by atoms with Gasteiger partial charge in [0.1, 0.15) is 6.04 Å². The smallest absolute Gasteiger partial charge is 0.337 e. The van der Waals surface area contributed by atoms with Gasteiger partial charge in [0, 0.05) is 11.8 Å². The Morgan fingerprint density at radius 2 is 1.79 bits per heavy atom. The zero-order valence-electron chi connectivity index (χ0n) is 15.3. The van der Waals surface area contributed by atoms with E-state index in [0.29, 0.717) is 10.4 Å². The number of sulfonamides is 1. The summed E-state index contributed by atoms with van der Waals surface area (Å²) in [4.78, 5) is 24.2. The van der Waals surface area contributed by atoms with E-state index >= 15 is 0 Å². The summed E-state index contributed by atoms with van der Waals surface area (Å²) >= 11 is 0. The topological polar surface area (TPSA) is 92.8 Å². The van der Waals surface area contributed by atoms with Gasteiger partial charge in [0.2, 0.25) is 15.9 Å². The SMILES string of the molecule is COC(=O)c1cccc(NC(=O)[C@H](C)N(c2ccc(F)c(F)c2)S(C)(=O)=O)c1. The van der Waals surface area contributed by atoms with Crippen LogP contribution in [0.5, 0.6) is 0 Å². The third-order valence-corrected chi connectivity index (χ3v) is 5.04. The molecule has 0 aliphatic carbocycles. The van der Waals surface area contributed by atoms with Crippen LogP contribution in [0, 0.1) is 11.6 Å². The summed E-state index contributed by atoms with van der Waals surface area (Å²) < 4.78 is 56.4. The quantitative estimate of drug-likeness (QED) is 0.736. The van der Waals surface area contributed by atoms with Crippen molar-refractivity contribution < 1.29 is 31.5 Å². The maximum absolute atomic E-state index is 13.6.